The number of hydrogen-bond acceptors (Lipinski definition) is 2. The first-order valence-electron chi connectivity index (χ1n) is 6.58. The lowest BCUT2D eigenvalue weighted by molar-refractivity contribution is 0.576. The van der Waals surface area contributed by atoms with Gasteiger partial charge >= 0.3 is 0 Å². The molecule has 0 heterocycles. The Balaban J connectivity index is 2.11. The zero-order valence-corrected chi connectivity index (χ0v) is 15.0. The van der Waals surface area contributed by atoms with Crippen molar-refractivity contribution < 1.29 is 8.42 Å². The number of hydrogen-bond donors (Lipinski definition) is 1. The topological polar surface area (TPSA) is 46.2 Å². The Morgan fingerprint density at radius 3 is 2.41 bits per heavy atom. The first-order chi connectivity index (χ1) is 10.4. The Morgan fingerprint density at radius 2 is 1.77 bits per heavy atom. The Labute approximate surface area is 144 Å². The van der Waals surface area contributed by atoms with Gasteiger partial charge in [0.15, 0.2) is 0 Å². The Hall–Kier alpha value is -1.14. The fraction of sp³-hybridized carbons (Fsp3) is 0.125. The molecule has 3 nitrogen and oxygen atoms in total. The van der Waals surface area contributed by atoms with Crippen molar-refractivity contribution in [3.63, 3.8) is 0 Å². The predicted molar refractivity (Wildman–Crippen MR) is 95.1 cm³/mol. The number of rotatable bonds is 5. The van der Waals surface area contributed by atoms with Crippen LogP contribution in [0.1, 0.15) is 24.1 Å². The minimum Gasteiger partial charge on any atom is -0.208 e. The number of nitrogens with one attached hydrogen (secondary N) is 1. The molecule has 0 aliphatic carbocycles. The number of sulfonamides is 1. The molecular formula is C16H15BrClNO2S. The summed E-state index contributed by atoms with van der Waals surface area (Å²) in [6.07, 6.45) is 1.53. The van der Waals surface area contributed by atoms with E-state index in [-0.39, 0.29) is 6.04 Å². The van der Waals surface area contributed by atoms with Crippen LogP contribution in [0.5, 0.6) is 0 Å². The standard InChI is InChI=1S/C16H15BrClNO2S/c1-12(15-4-2-3-5-16(15)17)19-22(20,21)11-10-13-6-8-14(18)9-7-13/h2-12,19H,1H3/b11-10+. The summed E-state index contributed by atoms with van der Waals surface area (Å²) < 4.78 is 27.7. The van der Waals surface area contributed by atoms with Gasteiger partial charge in [-0.15, -0.1) is 0 Å². The Morgan fingerprint density at radius 1 is 1.14 bits per heavy atom. The third kappa shape index (κ3) is 4.95. The average molecular weight is 401 g/mol. The van der Waals surface area contributed by atoms with Gasteiger partial charge in [0.25, 0.3) is 0 Å². The zero-order valence-electron chi connectivity index (χ0n) is 11.8. The highest BCUT2D eigenvalue weighted by atomic mass is 79.9. The summed E-state index contributed by atoms with van der Waals surface area (Å²) >= 11 is 9.22. The van der Waals surface area contributed by atoms with Gasteiger partial charge in [-0.2, -0.15) is 0 Å². The van der Waals surface area contributed by atoms with E-state index in [1.807, 2.05) is 24.3 Å². The molecule has 1 unspecified atom stereocenters. The van der Waals surface area contributed by atoms with E-state index in [1.165, 1.54) is 6.08 Å². The summed E-state index contributed by atoms with van der Waals surface area (Å²) in [7, 11) is -3.54. The van der Waals surface area contributed by atoms with Gasteiger partial charge in [0.1, 0.15) is 0 Å². The average Bonchev–Trinajstić information content (AvgIpc) is 2.46. The van der Waals surface area contributed by atoms with Crippen LogP contribution in [-0.4, -0.2) is 8.42 Å². The van der Waals surface area contributed by atoms with Crippen LogP contribution < -0.4 is 4.72 Å². The molecule has 0 spiro atoms. The predicted octanol–water partition coefficient (Wildman–Crippen LogP) is 4.75. The van der Waals surface area contributed by atoms with E-state index in [0.717, 1.165) is 21.0 Å². The molecule has 22 heavy (non-hydrogen) atoms. The van der Waals surface area contributed by atoms with Crippen LogP contribution in [0.3, 0.4) is 0 Å². The van der Waals surface area contributed by atoms with Crippen LogP contribution in [0.2, 0.25) is 5.02 Å². The lowest BCUT2D eigenvalue weighted by atomic mass is 10.1. The first-order valence-corrected chi connectivity index (χ1v) is 9.29. The van der Waals surface area contributed by atoms with E-state index >= 15 is 0 Å². The van der Waals surface area contributed by atoms with Crippen molar-refractivity contribution >= 4 is 43.6 Å². The molecule has 0 aliphatic heterocycles. The van der Waals surface area contributed by atoms with Crippen molar-refractivity contribution in [2.75, 3.05) is 0 Å². The largest absolute Gasteiger partial charge is 0.234 e. The maximum atomic E-state index is 12.1. The maximum Gasteiger partial charge on any atom is 0.234 e. The molecule has 0 radical (unpaired) electrons. The quantitative estimate of drug-likeness (QED) is 0.787. The molecule has 0 saturated heterocycles. The van der Waals surface area contributed by atoms with Crippen LogP contribution in [-0.2, 0) is 10.0 Å². The summed E-state index contributed by atoms with van der Waals surface area (Å²) in [5.41, 5.74) is 1.65. The smallest absolute Gasteiger partial charge is 0.208 e. The second-order valence-corrected chi connectivity index (χ2v) is 7.65. The number of benzene rings is 2. The van der Waals surface area contributed by atoms with Gasteiger partial charge in [-0.05, 0) is 42.3 Å². The fourth-order valence-electron chi connectivity index (χ4n) is 1.92. The van der Waals surface area contributed by atoms with Crippen LogP contribution in [0.4, 0.5) is 0 Å². The van der Waals surface area contributed by atoms with Crippen LogP contribution >= 0.6 is 27.5 Å². The van der Waals surface area contributed by atoms with E-state index < -0.39 is 10.0 Å². The second-order valence-electron chi connectivity index (χ2n) is 4.76. The monoisotopic (exact) mass is 399 g/mol. The highest BCUT2D eigenvalue weighted by Crippen LogP contribution is 2.23. The van der Waals surface area contributed by atoms with Crippen molar-refractivity contribution in [1.29, 1.82) is 0 Å². The van der Waals surface area contributed by atoms with Crippen molar-refractivity contribution in [3.8, 4) is 0 Å². The van der Waals surface area contributed by atoms with Crippen molar-refractivity contribution in [1.82, 2.24) is 4.72 Å². The summed E-state index contributed by atoms with van der Waals surface area (Å²) in [6.45, 7) is 1.80. The molecule has 2 aromatic carbocycles. The van der Waals surface area contributed by atoms with E-state index in [9.17, 15) is 8.42 Å². The van der Waals surface area contributed by atoms with E-state index in [0.29, 0.717) is 5.02 Å². The Kier molecular flexibility index (Phi) is 5.81. The molecule has 2 rings (SSSR count). The van der Waals surface area contributed by atoms with Gasteiger partial charge in [-0.3, -0.25) is 0 Å². The molecule has 0 saturated carbocycles. The summed E-state index contributed by atoms with van der Waals surface area (Å²) in [5, 5.41) is 1.77. The molecule has 0 fully saturated rings. The van der Waals surface area contributed by atoms with Crippen molar-refractivity contribution in [3.05, 3.63) is 74.6 Å². The lowest BCUT2D eigenvalue weighted by Crippen LogP contribution is -2.25. The van der Waals surface area contributed by atoms with Gasteiger partial charge in [0.2, 0.25) is 10.0 Å². The molecular weight excluding hydrogens is 386 g/mol. The summed E-state index contributed by atoms with van der Waals surface area (Å²) in [4.78, 5) is 0. The Bertz CT molecular complexity index is 773. The highest BCUT2D eigenvalue weighted by molar-refractivity contribution is 9.10. The third-order valence-corrected chi connectivity index (χ3v) is 5.17. The SMILES string of the molecule is CC(NS(=O)(=O)/C=C/c1ccc(Cl)cc1)c1ccccc1Br. The van der Waals surface area contributed by atoms with Crippen LogP contribution in [0.25, 0.3) is 6.08 Å². The fourth-order valence-corrected chi connectivity index (χ4v) is 3.71. The summed E-state index contributed by atoms with van der Waals surface area (Å²) in [6, 6.07) is 14.1. The molecule has 0 aromatic heterocycles. The van der Waals surface area contributed by atoms with Gasteiger partial charge in [-0.1, -0.05) is 57.9 Å². The molecule has 2 aromatic rings. The van der Waals surface area contributed by atoms with Crippen molar-refractivity contribution in [2.24, 2.45) is 0 Å². The molecule has 1 N–H and O–H groups in total. The minimum atomic E-state index is -3.54. The first kappa shape index (κ1) is 17.2. The van der Waals surface area contributed by atoms with Gasteiger partial charge in [0, 0.05) is 20.9 Å². The van der Waals surface area contributed by atoms with Gasteiger partial charge in [0.05, 0.1) is 0 Å². The van der Waals surface area contributed by atoms with Gasteiger partial charge in [-0.25, -0.2) is 13.1 Å². The lowest BCUT2D eigenvalue weighted by Gasteiger charge is -2.14. The summed E-state index contributed by atoms with van der Waals surface area (Å²) in [5.74, 6) is 0. The van der Waals surface area contributed by atoms with E-state index in [1.54, 1.807) is 31.2 Å². The van der Waals surface area contributed by atoms with Gasteiger partial charge < -0.3 is 0 Å². The van der Waals surface area contributed by atoms with Crippen molar-refractivity contribution in [2.45, 2.75) is 13.0 Å². The molecule has 6 heteroatoms. The molecule has 0 amide bonds. The zero-order chi connectivity index (χ0) is 16.2. The number of halogens is 2. The van der Waals surface area contributed by atoms with Crippen LogP contribution in [0, 0.1) is 0 Å². The molecule has 116 valence electrons. The van der Waals surface area contributed by atoms with Crippen LogP contribution in [0.15, 0.2) is 58.4 Å². The third-order valence-electron chi connectivity index (χ3n) is 3.02. The highest BCUT2D eigenvalue weighted by Gasteiger charge is 2.14. The maximum absolute atomic E-state index is 12.1. The van der Waals surface area contributed by atoms with E-state index in [4.69, 9.17) is 11.6 Å². The molecule has 0 bridgehead atoms. The van der Waals surface area contributed by atoms with E-state index in [2.05, 4.69) is 20.7 Å². The molecule has 1 atom stereocenters. The normalized spacial score (nSPS) is 13.4. The second kappa shape index (κ2) is 7.42. The minimum absolute atomic E-state index is 0.338. The molecule has 0 aliphatic rings.